The van der Waals surface area contributed by atoms with Gasteiger partial charge in [0.15, 0.2) is 0 Å². The van der Waals surface area contributed by atoms with Crippen molar-refractivity contribution >= 4 is 0 Å². The van der Waals surface area contributed by atoms with Crippen molar-refractivity contribution in [3.63, 3.8) is 0 Å². The van der Waals surface area contributed by atoms with Gasteiger partial charge in [0.2, 0.25) is 0 Å². The standard InChI is InChI=1S/C33H47F8NO2/c1-29-20-26(34)28-24-12-11-23(43)19-22(24)18-21(27(28)25(29)13-15-30(29,2)44)10-6-4-8-16-42(3)17-9-5-7-14-31(35,36)32(37,38)33(39,40)41/h11-12,19,21,25-28,43-44H,4-10,13-18,20H2,1-3H3/t21-,25+,26?,27+,28+,29+,30+/m1/s1. The van der Waals surface area contributed by atoms with Crippen molar-refractivity contribution in [1.82, 2.24) is 4.90 Å². The SMILES string of the molecule is CN(CCCCC[C@@H]1Cc2cc(O)ccc2[C@H]2C(F)C[C@@]3(C)[C@@H](CC[C@]3(C)O)[C@H]12)CCCCCC(F)(F)C(F)(F)C(F)(F)F. The van der Waals surface area contributed by atoms with E-state index in [0.29, 0.717) is 25.8 Å². The Morgan fingerprint density at radius 2 is 1.57 bits per heavy atom. The van der Waals surface area contributed by atoms with Gasteiger partial charge in [-0.05, 0) is 119 Å². The summed E-state index contributed by atoms with van der Waals surface area (Å²) in [7, 11) is 1.86. The summed E-state index contributed by atoms with van der Waals surface area (Å²) in [6, 6.07) is 5.28. The molecule has 7 atom stereocenters. The third kappa shape index (κ3) is 6.74. The van der Waals surface area contributed by atoms with Crippen molar-refractivity contribution in [3.05, 3.63) is 29.3 Å². The van der Waals surface area contributed by atoms with E-state index < -0.39 is 48.1 Å². The molecule has 2 fully saturated rings. The Hall–Kier alpha value is -1.62. The second-order valence-electron chi connectivity index (χ2n) is 14.2. The molecule has 11 heteroatoms. The second kappa shape index (κ2) is 12.9. The fraction of sp³-hybridized carbons (Fsp3) is 0.818. The van der Waals surface area contributed by atoms with Crippen LogP contribution in [0.15, 0.2) is 18.2 Å². The van der Waals surface area contributed by atoms with Crippen LogP contribution in [0.1, 0.15) is 102 Å². The van der Waals surface area contributed by atoms with E-state index in [4.69, 9.17) is 0 Å². The molecule has 44 heavy (non-hydrogen) atoms. The molecule has 252 valence electrons. The van der Waals surface area contributed by atoms with Gasteiger partial charge >= 0.3 is 18.0 Å². The summed E-state index contributed by atoms with van der Waals surface area (Å²) < 4.78 is 106. The van der Waals surface area contributed by atoms with E-state index in [0.717, 1.165) is 56.2 Å². The molecule has 0 saturated heterocycles. The summed E-state index contributed by atoms with van der Waals surface area (Å²) in [6.45, 7) is 5.15. The molecule has 0 aromatic heterocycles. The molecule has 3 aliphatic carbocycles. The van der Waals surface area contributed by atoms with Crippen molar-refractivity contribution in [2.24, 2.45) is 23.2 Å². The first kappa shape index (κ1) is 35.2. The highest BCUT2D eigenvalue weighted by Gasteiger charge is 2.72. The van der Waals surface area contributed by atoms with Crippen molar-refractivity contribution in [3.8, 4) is 5.75 Å². The zero-order valence-electron chi connectivity index (χ0n) is 25.9. The minimum Gasteiger partial charge on any atom is -0.508 e. The molecule has 0 aliphatic heterocycles. The third-order valence-electron chi connectivity index (χ3n) is 11.4. The molecular formula is C33H47F8NO2. The van der Waals surface area contributed by atoms with E-state index in [-0.39, 0.29) is 35.8 Å². The van der Waals surface area contributed by atoms with Crippen LogP contribution >= 0.6 is 0 Å². The number of halogens is 8. The van der Waals surface area contributed by atoms with Gasteiger partial charge in [0, 0.05) is 17.8 Å². The molecule has 4 rings (SSSR count). The largest absolute Gasteiger partial charge is 0.508 e. The van der Waals surface area contributed by atoms with Gasteiger partial charge in [-0.15, -0.1) is 0 Å². The smallest absolute Gasteiger partial charge is 0.459 e. The van der Waals surface area contributed by atoms with Crippen LogP contribution in [0.5, 0.6) is 5.75 Å². The third-order valence-corrected chi connectivity index (χ3v) is 11.4. The average Bonchev–Trinajstić information content (AvgIpc) is 3.14. The fourth-order valence-corrected chi connectivity index (χ4v) is 8.63. The Morgan fingerprint density at radius 3 is 2.20 bits per heavy atom. The molecule has 1 aromatic rings. The molecule has 1 unspecified atom stereocenters. The predicted octanol–water partition coefficient (Wildman–Crippen LogP) is 9.06. The van der Waals surface area contributed by atoms with E-state index in [1.54, 1.807) is 12.1 Å². The molecule has 3 aliphatic rings. The summed E-state index contributed by atoms with van der Waals surface area (Å²) in [5.41, 5.74) is 0.598. The van der Waals surface area contributed by atoms with Crippen LogP contribution in [0, 0.1) is 23.2 Å². The number of aliphatic hydroxyl groups is 1. The van der Waals surface area contributed by atoms with Crippen LogP contribution in [-0.2, 0) is 6.42 Å². The predicted molar refractivity (Wildman–Crippen MR) is 153 cm³/mol. The topological polar surface area (TPSA) is 43.7 Å². The summed E-state index contributed by atoms with van der Waals surface area (Å²) in [6.07, 6.45) is -2.53. The van der Waals surface area contributed by atoms with Gasteiger partial charge < -0.3 is 15.1 Å². The van der Waals surface area contributed by atoms with Crippen LogP contribution in [-0.4, -0.2) is 65.0 Å². The number of phenols is 1. The van der Waals surface area contributed by atoms with Crippen LogP contribution in [0.25, 0.3) is 0 Å². The fourth-order valence-electron chi connectivity index (χ4n) is 8.63. The van der Waals surface area contributed by atoms with Crippen LogP contribution in [0.2, 0.25) is 0 Å². The maximum Gasteiger partial charge on any atom is 0.459 e. The van der Waals surface area contributed by atoms with Crippen molar-refractivity contribution < 1.29 is 45.3 Å². The van der Waals surface area contributed by atoms with Gasteiger partial charge in [0.05, 0.1) is 5.60 Å². The molecule has 0 heterocycles. The zero-order chi connectivity index (χ0) is 32.7. The normalized spacial score (nSPS) is 32.4. The first-order chi connectivity index (χ1) is 20.3. The van der Waals surface area contributed by atoms with E-state index in [9.17, 15) is 40.9 Å². The van der Waals surface area contributed by atoms with Gasteiger partial charge in [-0.3, -0.25) is 0 Å². The average molecular weight is 642 g/mol. The van der Waals surface area contributed by atoms with Crippen molar-refractivity contribution in [2.45, 2.75) is 127 Å². The van der Waals surface area contributed by atoms with E-state index in [2.05, 4.69) is 6.92 Å². The number of fused-ring (bicyclic) bond motifs is 5. The van der Waals surface area contributed by atoms with E-state index >= 15 is 4.39 Å². The van der Waals surface area contributed by atoms with Crippen molar-refractivity contribution in [1.29, 1.82) is 0 Å². The molecule has 0 amide bonds. The number of aromatic hydroxyl groups is 1. The molecule has 2 N–H and O–H groups in total. The molecule has 0 radical (unpaired) electrons. The highest BCUT2D eigenvalue weighted by Crippen LogP contribution is 2.66. The Morgan fingerprint density at radius 1 is 0.932 bits per heavy atom. The molecule has 3 nitrogen and oxygen atoms in total. The first-order valence-electron chi connectivity index (χ1n) is 16.0. The van der Waals surface area contributed by atoms with Gasteiger partial charge in [-0.1, -0.05) is 32.3 Å². The van der Waals surface area contributed by atoms with Gasteiger partial charge in [0.25, 0.3) is 0 Å². The first-order valence-corrected chi connectivity index (χ1v) is 16.0. The van der Waals surface area contributed by atoms with Crippen LogP contribution in [0.4, 0.5) is 35.1 Å². The molecular weight excluding hydrogens is 594 g/mol. The van der Waals surface area contributed by atoms with Gasteiger partial charge in [-0.25, -0.2) is 4.39 Å². The monoisotopic (exact) mass is 641 g/mol. The lowest BCUT2D eigenvalue weighted by molar-refractivity contribution is -0.355. The maximum absolute atomic E-state index is 16.0. The maximum atomic E-state index is 16.0. The number of phenolic OH excluding ortho intramolecular Hbond substituents is 1. The highest BCUT2D eigenvalue weighted by molar-refractivity contribution is 5.41. The van der Waals surface area contributed by atoms with Gasteiger partial charge in [-0.2, -0.15) is 30.7 Å². The molecule has 0 bridgehead atoms. The number of benzene rings is 1. The zero-order valence-corrected chi connectivity index (χ0v) is 25.9. The Labute approximate surface area is 255 Å². The Kier molecular flexibility index (Phi) is 10.3. The quantitative estimate of drug-likeness (QED) is 0.167. The summed E-state index contributed by atoms with van der Waals surface area (Å²) >= 11 is 0. The second-order valence-corrected chi connectivity index (χ2v) is 14.2. The summed E-state index contributed by atoms with van der Waals surface area (Å²) in [5.74, 6) is -10.7. The summed E-state index contributed by atoms with van der Waals surface area (Å²) in [5, 5.41) is 21.4. The Bertz CT molecular complexity index is 1130. The number of alkyl halides is 8. The number of unbranched alkanes of at least 4 members (excludes halogenated alkanes) is 4. The number of rotatable bonds is 13. The molecule has 0 spiro atoms. The number of hydrogen-bond acceptors (Lipinski definition) is 3. The molecule has 2 saturated carbocycles. The van der Waals surface area contributed by atoms with E-state index in [1.807, 2.05) is 24.9 Å². The van der Waals surface area contributed by atoms with Crippen LogP contribution in [0.3, 0.4) is 0 Å². The highest BCUT2D eigenvalue weighted by atomic mass is 19.4. The minimum absolute atomic E-state index is 0.112. The van der Waals surface area contributed by atoms with Crippen molar-refractivity contribution in [2.75, 3.05) is 20.1 Å². The lowest BCUT2D eigenvalue weighted by Crippen LogP contribution is -2.54. The van der Waals surface area contributed by atoms with Gasteiger partial charge in [0.1, 0.15) is 11.9 Å². The molecule has 1 aromatic carbocycles. The minimum atomic E-state index is -6.28. The number of hydrogen-bond donors (Lipinski definition) is 2. The van der Waals surface area contributed by atoms with E-state index in [1.165, 1.54) is 0 Å². The number of nitrogens with zero attached hydrogens (tertiary/aromatic N) is 1. The lowest BCUT2D eigenvalue weighted by Gasteiger charge is -2.56. The summed E-state index contributed by atoms with van der Waals surface area (Å²) in [4.78, 5) is 2.00. The Balaban J connectivity index is 1.25. The lowest BCUT2D eigenvalue weighted by atomic mass is 9.50. The van der Waals surface area contributed by atoms with Crippen LogP contribution < -0.4 is 0 Å².